The minimum absolute atomic E-state index is 0.216. The van der Waals surface area contributed by atoms with Gasteiger partial charge in [0.2, 0.25) is 0 Å². The van der Waals surface area contributed by atoms with Crippen LogP contribution in [0.4, 0.5) is 0 Å². The summed E-state index contributed by atoms with van der Waals surface area (Å²) in [6, 6.07) is 6.77. The van der Waals surface area contributed by atoms with Gasteiger partial charge in [-0.15, -0.1) is 0 Å². The van der Waals surface area contributed by atoms with Crippen LogP contribution in [0.2, 0.25) is 0 Å². The van der Waals surface area contributed by atoms with Crippen LogP contribution in [0.5, 0.6) is 5.75 Å². The number of aliphatic carboxylic acids is 1. The molecule has 0 unspecified atom stereocenters. The van der Waals surface area contributed by atoms with Crippen LogP contribution in [-0.2, 0) is 4.79 Å². The largest absolute Gasteiger partial charge is 0.493 e. The lowest BCUT2D eigenvalue weighted by Crippen LogP contribution is -2.40. The zero-order chi connectivity index (χ0) is 15.5. The van der Waals surface area contributed by atoms with E-state index in [1.54, 1.807) is 24.3 Å². The molecule has 0 radical (unpaired) electrons. The summed E-state index contributed by atoms with van der Waals surface area (Å²) in [5.74, 6) is -0.0466. The van der Waals surface area contributed by atoms with Gasteiger partial charge >= 0.3 is 5.97 Å². The van der Waals surface area contributed by atoms with E-state index in [9.17, 15) is 9.59 Å². The SMILES string of the molecule is O=C(N[C@H]1CCC[C@H]1C(=O)O)c1ccc(OCC2CC2)cc1. The molecule has 1 amide bonds. The number of nitrogens with one attached hydrogen (secondary N) is 1. The van der Waals surface area contributed by atoms with Crippen LogP contribution in [0.1, 0.15) is 42.5 Å². The molecule has 0 aromatic heterocycles. The van der Waals surface area contributed by atoms with Gasteiger partial charge in [-0.3, -0.25) is 9.59 Å². The van der Waals surface area contributed by atoms with E-state index in [1.807, 2.05) is 0 Å². The molecule has 0 saturated heterocycles. The van der Waals surface area contributed by atoms with E-state index >= 15 is 0 Å². The van der Waals surface area contributed by atoms with Gasteiger partial charge in [-0.05, 0) is 55.9 Å². The Morgan fingerprint density at radius 3 is 2.50 bits per heavy atom. The third-order valence-corrected chi connectivity index (χ3v) is 4.45. The molecule has 22 heavy (non-hydrogen) atoms. The first-order chi connectivity index (χ1) is 10.6. The molecule has 2 N–H and O–H groups in total. The fourth-order valence-corrected chi connectivity index (χ4v) is 2.88. The number of hydrogen-bond donors (Lipinski definition) is 2. The van der Waals surface area contributed by atoms with Crippen LogP contribution in [0.25, 0.3) is 0 Å². The van der Waals surface area contributed by atoms with Crippen molar-refractivity contribution in [2.24, 2.45) is 11.8 Å². The van der Waals surface area contributed by atoms with Gasteiger partial charge in [-0.1, -0.05) is 6.42 Å². The van der Waals surface area contributed by atoms with E-state index in [4.69, 9.17) is 9.84 Å². The Morgan fingerprint density at radius 2 is 1.86 bits per heavy atom. The van der Waals surface area contributed by atoms with Gasteiger partial charge in [0.05, 0.1) is 12.5 Å². The average Bonchev–Trinajstić information content (AvgIpc) is 3.23. The Kier molecular flexibility index (Phi) is 4.32. The number of rotatable bonds is 6. The highest BCUT2D eigenvalue weighted by Gasteiger charge is 2.34. The molecule has 1 aromatic carbocycles. The Balaban J connectivity index is 1.56. The number of amides is 1. The monoisotopic (exact) mass is 303 g/mol. The smallest absolute Gasteiger partial charge is 0.308 e. The third-order valence-electron chi connectivity index (χ3n) is 4.45. The summed E-state index contributed by atoms with van der Waals surface area (Å²) in [6.07, 6.45) is 4.69. The summed E-state index contributed by atoms with van der Waals surface area (Å²) in [7, 11) is 0. The van der Waals surface area contributed by atoms with E-state index in [1.165, 1.54) is 12.8 Å². The van der Waals surface area contributed by atoms with E-state index in [0.29, 0.717) is 17.9 Å². The standard InChI is InChI=1S/C17H21NO4/c19-16(18-15-3-1-2-14(15)17(20)21)12-6-8-13(9-7-12)22-10-11-4-5-11/h6-9,11,14-15H,1-5,10H2,(H,18,19)(H,20,21)/t14-,15+/m1/s1. The number of ether oxygens (including phenoxy) is 1. The van der Waals surface area contributed by atoms with Crippen molar-refractivity contribution < 1.29 is 19.4 Å². The molecule has 0 bridgehead atoms. The molecular weight excluding hydrogens is 282 g/mol. The summed E-state index contributed by atoms with van der Waals surface area (Å²) in [5, 5.41) is 12.0. The Hall–Kier alpha value is -2.04. The van der Waals surface area contributed by atoms with Crippen molar-refractivity contribution in [3.63, 3.8) is 0 Å². The molecule has 1 aromatic rings. The van der Waals surface area contributed by atoms with Crippen LogP contribution < -0.4 is 10.1 Å². The molecule has 5 nitrogen and oxygen atoms in total. The predicted molar refractivity (Wildman–Crippen MR) is 80.9 cm³/mol. The van der Waals surface area contributed by atoms with Gasteiger partial charge in [0.25, 0.3) is 5.91 Å². The quantitative estimate of drug-likeness (QED) is 0.846. The second-order valence-corrected chi connectivity index (χ2v) is 6.23. The van der Waals surface area contributed by atoms with Gasteiger partial charge in [0, 0.05) is 11.6 Å². The van der Waals surface area contributed by atoms with Gasteiger partial charge in [0.1, 0.15) is 5.75 Å². The Labute approximate surface area is 129 Å². The van der Waals surface area contributed by atoms with Crippen LogP contribution in [0.15, 0.2) is 24.3 Å². The highest BCUT2D eigenvalue weighted by molar-refractivity contribution is 5.94. The first kappa shape index (κ1) is 14.9. The van der Waals surface area contributed by atoms with Crippen LogP contribution in [0, 0.1) is 11.8 Å². The minimum Gasteiger partial charge on any atom is -0.493 e. The summed E-state index contributed by atoms with van der Waals surface area (Å²) in [4.78, 5) is 23.4. The van der Waals surface area contributed by atoms with Gasteiger partial charge < -0.3 is 15.2 Å². The van der Waals surface area contributed by atoms with Gasteiger partial charge in [0.15, 0.2) is 0 Å². The van der Waals surface area contributed by atoms with Crippen molar-refractivity contribution in [1.82, 2.24) is 5.32 Å². The lowest BCUT2D eigenvalue weighted by Gasteiger charge is -2.17. The molecule has 0 spiro atoms. The van der Waals surface area contributed by atoms with E-state index < -0.39 is 11.9 Å². The maximum atomic E-state index is 12.2. The number of carbonyl (C=O) groups excluding carboxylic acids is 1. The predicted octanol–water partition coefficient (Wildman–Crippen LogP) is 2.46. The zero-order valence-electron chi connectivity index (χ0n) is 12.5. The van der Waals surface area contributed by atoms with Gasteiger partial charge in [-0.2, -0.15) is 0 Å². The summed E-state index contributed by atoms with van der Waals surface area (Å²) < 4.78 is 5.64. The molecule has 2 fully saturated rings. The Morgan fingerprint density at radius 1 is 1.14 bits per heavy atom. The van der Waals surface area contributed by atoms with E-state index in [-0.39, 0.29) is 11.9 Å². The van der Waals surface area contributed by atoms with E-state index in [0.717, 1.165) is 25.2 Å². The molecule has 2 saturated carbocycles. The van der Waals surface area contributed by atoms with Crippen LogP contribution in [-0.4, -0.2) is 29.6 Å². The number of benzene rings is 1. The second kappa shape index (κ2) is 6.38. The summed E-state index contributed by atoms with van der Waals surface area (Å²) >= 11 is 0. The lowest BCUT2D eigenvalue weighted by molar-refractivity contribution is -0.142. The topological polar surface area (TPSA) is 75.6 Å². The molecule has 2 aliphatic carbocycles. The maximum Gasteiger partial charge on any atom is 0.308 e. The van der Waals surface area contributed by atoms with Crippen molar-refractivity contribution in [3.8, 4) is 5.75 Å². The van der Waals surface area contributed by atoms with Crippen molar-refractivity contribution in [2.75, 3.05) is 6.61 Å². The molecular formula is C17H21NO4. The summed E-state index contributed by atoms with van der Waals surface area (Å²) in [6.45, 7) is 0.744. The molecule has 118 valence electrons. The number of hydrogen-bond acceptors (Lipinski definition) is 3. The number of carbonyl (C=O) groups is 2. The Bertz CT molecular complexity index is 550. The number of carboxylic acids is 1. The van der Waals surface area contributed by atoms with E-state index in [2.05, 4.69) is 5.32 Å². The molecule has 0 aliphatic heterocycles. The number of carboxylic acid groups (broad SMARTS) is 1. The molecule has 0 heterocycles. The lowest BCUT2D eigenvalue weighted by atomic mass is 10.0. The average molecular weight is 303 g/mol. The first-order valence-corrected chi connectivity index (χ1v) is 7.90. The second-order valence-electron chi connectivity index (χ2n) is 6.23. The first-order valence-electron chi connectivity index (χ1n) is 7.90. The molecule has 2 atom stereocenters. The highest BCUT2D eigenvalue weighted by atomic mass is 16.5. The van der Waals surface area contributed by atoms with Crippen molar-refractivity contribution >= 4 is 11.9 Å². The minimum atomic E-state index is -0.827. The fraction of sp³-hybridized carbons (Fsp3) is 0.529. The van der Waals surface area contributed by atoms with Crippen molar-refractivity contribution in [3.05, 3.63) is 29.8 Å². The highest BCUT2D eigenvalue weighted by Crippen LogP contribution is 2.29. The zero-order valence-corrected chi connectivity index (χ0v) is 12.5. The maximum absolute atomic E-state index is 12.2. The van der Waals surface area contributed by atoms with Crippen LogP contribution in [0.3, 0.4) is 0 Å². The molecule has 3 rings (SSSR count). The van der Waals surface area contributed by atoms with Crippen molar-refractivity contribution in [1.29, 1.82) is 0 Å². The van der Waals surface area contributed by atoms with Crippen LogP contribution >= 0.6 is 0 Å². The molecule has 5 heteroatoms. The summed E-state index contributed by atoms with van der Waals surface area (Å²) in [5.41, 5.74) is 0.537. The van der Waals surface area contributed by atoms with Gasteiger partial charge in [-0.25, -0.2) is 0 Å². The fourth-order valence-electron chi connectivity index (χ4n) is 2.88. The normalized spacial score (nSPS) is 24.0. The van der Waals surface area contributed by atoms with Crippen molar-refractivity contribution in [2.45, 2.75) is 38.1 Å². The molecule has 2 aliphatic rings. The third kappa shape index (κ3) is 3.59.